The Morgan fingerprint density at radius 2 is 2.00 bits per heavy atom. The molecule has 0 aromatic heterocycles. The monoisotopic (exact) mass is 388 g/mol. The van der Waals surface area contributed by atoms with Crippen LogP contribution in [0.4, 0.5) is 10.1 Å². The summed E-state index contributed by atoms with van der Waals surface area (Å²) in [5.41, 5.74) is 1.79. The number of halogens is 1. The van der Waals surface area contributed by atoms with Crippen molar-refractivity contribution in [1.29, 1.82) is 0 Å². The minimum Gasteiger partial charge on any atom is -0.471 e. The first kappa shape index (κ1) is 18.4. The third-order valence-corrected chi connectivity index (χ3v) is 6.81. The van der Waals surface area contributed by atoms with Crippen LogP contribution >= 0.6 is 0 Å². The van der Waals surface area contributed by atoms with Crippen molar-refractivity contribution >= 4 is 16.5 Å². The number of ether oxygens (including phenoxy) is 1. The molecular formula is C21H25FN2O2S. The highest BCUT2D eigenvalue weighted by Crippen LogP contribution is 2.31. The fourth-order valence-corrected chi connectivity index (χ4v) is 4.94. The Bertz CT molecular complexity index is 822. The van der Waals surface area contributed by atoms with Crippen LogP contribution < -0.4 is 10.1 Å². The highest BCUT2D eigenvalue weighted by Gasteiger charge is 2.21. The number of anilines is 1. The average molecular weight is 389 g/mol. The molecule has 1 atom stereocenters. The molecule has 2 aromatic carbocycles. The molecule has 0 radical (unpaired) electrons. The summed E-state index contributed by atoms with van der Waals surface area (Å²) >= 11 is 0. The summed E-state index contributed by atoms with van der Waals surface area (Å²) in [6.07, 6.45) is 2.95. The van der Waals surface area contributed by atoms with Crippen molar-refractivity contribution < 1.29 is 13.3 Å². The van der Waals surface area contributed by atoms with Gasteiger partial charge in [0.1, 0.15) is 11.6 Å². The van der Waals surface area contributed by atoms with Crippen molar-refractivity contribution in [3.63, 3.8) is 0 Å². The molecule has 1 fully saturated rings. The molecule has 4 rings (SSSR count). The van der Waals surface area contributed by atoms with Gasteiger partial charge in [0.25, 0.3) is 0 Å². The van der Waals surface area contributed by atoms with E-state index in [-0.39, 0.29) is 5.82 Å². The number of hydrogen-bond acceptors (Lipinski definition) is 4. The molecule has 27 heavy (non-hydrogen) atoms. The number of nitrogens with one attached hydrogen (secondary N) is 1. The molecule has 1 unspecified atom stereocenters. The van der Waals surface area contributed by atoms with Crippen LogP contribution in [0.5, 0.6) is 5.75 Å². The second-order valence-corrected chi connectivity index (χ2v) is 8.82. The predicted octanol–water partition coefficient (Wildman–Crippen LogP) is 3.65. The maximum Gasteiger partial charge on any atom is 0.159 e. The van der Waals surface area contributed by atoms with Gasteiger partial charge in [0.2, 0.25) is 0 Å². The van der Waals surface area contributed by atoms with E-state index in [2.05, 4.69) is 10.2 Å². The van der Waals surface area contributed by atoms with Crippen molar-refractivity contribution in [1.82, 2.24) is 4.90 Å². The molecule has 144 valence electrons. The van der Waals surface area contributed by atoms with E-state index in [9.17, 15) is 8.60 Å². The Labute approximate surface area is 162 Å². The third kappa shape index (κ3) is 4.50. The molecular weight excluding hydrogens is 363 g/mol. The summed E-state index contributed by atoms with van der Waals surface area (Å²) < 4.78 is 31.9. The number of fused-ring (bicyclic) bond motifs is 1. The Kier molecular flexibility index (Phi) is 5.74. The smallest absolute Gasteiger partial charge is 0.159 e. The zero-order valence-electron chi connectivity index (χ0n) is 15.3. The van der Waals surface area contributed by atoms with E-state index in [1.54, 1.807) is 12.1 Å². The van der Waals surface area contributed by atoms with Crippen LogP contribution in [0.25, 0.3) is 0 Å². The summed E-state index contributed by atoms with van der Waals surface area (Å²) in [5.74, 6) is 1.85. The lowest BCUT2D eigenvalue weighted by molar-refractivity contribution is 0.192. The molecule has 6 heteroatoms. The summed E-state index contributed by atoms with van der Waals surface area (Å²) in [7, 11) is -1.02. The van der Waals surface area contributed by atoms with E-state index in [1.807, 2.05) is 30.3 Å². The summed E-state index contributed by atoms with van der Waals surface area (Å²) in [5, 5.41) is 3.12. The van der Waals surface area contributed by atoms with Crippen LogP contribution in [0.15, 0.2) is 47.4 Å². The van der Waals surface area contributed by atoms with Crippen LogP contribution in [-0.2, 0) is 17.2 Å². The van der Waals surface area contributed by atoms with Crippen molar-refractivity contribution in [3.8, 4) is 5.75 Å². The Morgan fingerprint density at radius 3 is 2.81 bits per heavy atom. The first-order chi connectivity index (χ1) is 13.2. The van der Waals surface area contributed by atoms with Gasteiger partial charge < -0.3 is 15.0 Å². The van der Waals surface area contributed by atoms with Crippen molar-refractivity contribution in [2.24, 2.45) is 5.92 Å². The first-order valence-electron chi connectivity index (χ1n) is 9.54. The fourth-order valence-electron chi connectivity index (χ4n) is 3.82. The number of piperidine rings is 1. The van der Waals surface area contributed by atoms with Gasteiger partial charge in [0.15, 0.2) is 6.73 Å². The lowest BCUT2D eigenvalue weighted by Crippen LogP contribution is -2.36. The van der Waals surface area contributed by atoms with Crippen molar-refractivity contribution in [2.45, 2.75) is 24.2 Å². The molecule has 4 nitrogen and oxygen atoms in total. The zero-order chi connectivity index (χ0) is 18.6. The molecule has 2 heterocycles. The number of benzene rings is 2. The van der Waals surface area contributed by atoms with E-state index in [0.717, 1.165) is 60.8 Å². The van der Waals surface area contributed by atoms with Crippen LogP contribution in [0.2, 0.25) is 0 Å². The van der Waals surface area contributed by atoms with Gasteiger partial charge >= 0.3 is 0 Å². The minimum atomic E-state index is -1.02. The molecule has 0 amide bonds. The topological polar surface area (TPSA) is 41.6 Å². The van der Waals surface area contributed by atoms with E-state index < -0.39 is 10.8 Å². The molecule has 0 saturated carbocycles. The minimum absolute atomic E-state index is 0.0937. The van der Waals surface area contributed by atoms with Crippen LogP contribution in [-0.4, -0.2) is 41.2 Å². The Morgan fingerprint density at radius 1 is 1.19 bits per heavy atom. The summed E-state index contributed by atoms with van der Waals surface area (Å²) in [6.45, 7) is 3.30. The standard InChI is InChI=1S/C21H25FN2O2S/c22-19-4-2-1-3-17(19)13-16-7-9-24(10-8-16)11-12-27(25)18-5-6-20-21(14-18)26-15-23-20/h1-6,14,16,23H,7-13,15H2. The first-order valence-corrected chi connectivity index (χ1v) is 10.9. The second kappa shape index (κ2) is 8.40. The van der Waals surface area contributed by atoms with E-state index >= 15 is 0 Å². The van der Waals surface area contributed by atoms with Crippen LogP contribution in [0, 0.1) is 11.7 Å². The quantitative estimate of drug-likeness (QED) is 0.820. The molecule has 1 N–H and O–H groups in total. The largest absolute Gasteiger partial charge is 0.471 e. The van der Waals surface area contributed by atoms with Gasteiger partial charge in [-0.15, -0.1) is 0 Å². The number of nitrogens with zero attached hydrogens (tertiary/aromatic N) is 1. The highest BCUT2D eigenvalue weighted by atomic mass is 32.2. The molecule has 0 bridgehead atoms. The molecule has 1 saturated heterocycles. The summed E-state index contributed by atoms with van der Waals surface area (Å²) in [6, 6.07) is 12.8. The highest BCUT2D eigenvalue weighted by molar-refractivity contribution is 7.85. The maximum atomic E-state index is 13.8. The van der Waals surface area contributed by atoms with E-state index in [4.69, 9.17) is 4.74 Å². The fraction of sp³-hybridized carbons (Fsp3) is 0.429. The number of hydrogen-bond donors (Lipinski definition) is 1. The number of likely N-dealkylation sites (tertiary alicyclic amines) is 1. The molecule has 2 aliphatic heterocycles. The normalized spacial score (nSPS) is 18.6. The third-order valence-electron chi connectivity index (χ3n) is 5.47. The maximum absolute atomic E-state index is 13.8. The van der Waals surface area contributed by atoms with E-state index in [1.165, 1.54) is 0 Å². The van der Waals surface area contributed by atoms with E-state index in [0.29, 0.717) is 18.4 Å². The van der Waals surface area contributed by atoms with Crippen LogP contribution in [0.1, 0.15) is 18.4 Å². The number of rotatable bonds is 6. The van der Waals surface area contributed by atoms with Crippen molar-refractivity contribution in [3.05, 3.63) is 53.8 Å². The van der Waals surface area contributed by atoms with Gasteiger partial charge in [-0.25, -0.2) is 4.39 Å². The lowest BCUT2D eigenvalue weighted by Gasteiger charge is -2.32. The van der Waals surface area contributed by atoms with Gasteiger partial charge in [0, 0.05) is 17.2 Å². The van der Waals surface area contributed by atoms with Gasteiger partial charge in [0.05, 0.1) is 16.5 Å². The van der Waals surface area contributed by atoms with Gasteiger partial charge in [-0.05, 0) is 68.1 Å². The van der Waals surface area contributed by atoms with Gasteiger partial charge in [-0.1, -0.05) is 18.2 Å². The second-order valence-electron chi connectivity index (χ2n) is 7.25. The lowest BCUT2D eigenvalue weighted by atomic mass is 9.90. The average Bonchev–Trinajstić information content (AvgIpc) is 3.17. The molecule has 2 aliphatic rings. The molecule has 2 aromatic rings. The predicted molar refractivity (Wildman–Crippen MR) is 106 cm³/mol. The Hall–Kier alpha value is -1.92. The molecule has 0 aliphatic carbocycles. The molecule has 0 spiro atoms. The Balaban J connectivity index is 1.24. The SMILES string of the molecule is O=S(CCN1CCC(Cc2ccccc2F)CC1)c1ccc2c(c1)OCN2. The summed E-state index contributed by atoms with van der Waals surface area (Å²) in [4.78, 5) is 3.20. The van der Waals surface area contributed by atoms with Gasteiger partial charge in [-0.3, -0.25) is 4.21 Å². The van der Waals surface area contributed by atoms with Crippen LogP contribution in [0.3, 0.4) is 0 Å². The zero-order valence-corrected chi connectivity index (χ0v) is 16.1. The van der Waals surface area contributed by atoms with Gasteiger partial charge in [-0.2, -0.15) is 0 Å². The van der Waals surface area contributed by atoms with Crippen molar-refractivity contribution in [2.75, 3.05) is 37.4 Å².